The average molecular weight is 249 g/mol. The van der Waals surface area contributed by atoms with Gasteiger partial charge in [0.2, 0.25) is 0 Å². The number of hydrogen-bond acceptors (Lipinski definition) is 2. The zero-order valence-electron chi connectivity index (χ0n) is 9.87. The third-order valence-corrected chi connectivity index (χ3v) is 2.49. The van der Waals surface area contributed by atoms with Crippen molar-refractivity contribution in [1.82, 2.24) is 15.1 Å². The van der Waals surface area contributed by atoms with Crippen molar-refractivity contribution in [3.05, 3.63) is 18.5 Å². The summed E-state index contributed by atoms with van der Waals surface area (Å²) in [6.07, 6.45) is -0.451. The van der Waals surface area contributed by atoms with E-state index in [0.29, 0.717) is 6.42 Å². The Bertz CT molecular complexity index is 295. The van der Waals surface area contributed by atoms with Crippen molar-refractivity contribution in [3.8, 4) is 0 Å². The van der Waals surface area contributed by atoms with Gasteiger partial charge in [-0.15, -0.1) is 0 Å². The lowest BCUT2D eigenvalue weighted by molar-refractivity contribution is -0.135. The Kier molecular flexibility index (Phi) is 5.47. The highest BCUT2D eigenvalue weighted by Gasteiger charge is 2.26. The highest BCUT2D eigenvalue weighted by Crippen LogP contribution is 2.22. The Morgan fingerprint density at radius 2 is 2.18 bits per heavy atom. The fourth-order valence-electron chi connectivity index (χ4n) is 1.57. The largest absolute Gasteiger partial charge is 0.389 e. The number of alkyl halides is 3. The van der Waals surface area contributed by atoms with Gasteiger partial charge in [0.05, 0.1) is 6.54 Å². The second-order valence-electron chi connectivity index (χ2n) is 4.13. The molecule has 0 fully saturated rings. The summed E-state index contributed by atoms with van der Waals surface area (Å²) in [5.74, 6) is 0. The molecule has 0 saturated carbocycles. The lowest BCUT2D eigenvalue weighted by atomic mass is 10.1. The molecule has 17 heavy (non-hydrogen) atoms. The predicted octanol–water partition coefficient (Wildman–Crippen LogP) is 2.59. The molecule has 0 aliphatic rings. The van der Waals surface area contributed by atoms with Gasteiger partial charge in [0.25, 0.3) is 0 Å². The average Bonchev–Trinajstić information content (AvgIpc) is 2.68. The van der Waals surface area contributed by atoms with Crippen LogP contribution in [0.15, 0.2) is 18.5 Å². The summed E-state index contributed by atoms with van der Waals surface area (Å²) >= 11 is 0. The zero-order valence-corrected chi connectivity index (χ0v) is 9.87. The Hall–Kier alpha value is -1.04. The normalized spacial score (nSPS) is 13.9. The Balaban J connectivity index is 2.03. The summed E-state index contributed by atoms with van der Waals surface area (Å²) in [6, 6.07) is 1.94. The molecule has 98 valence electrons. The van der Waals surface area contributed by atoms with Crippen LogP contribution in [0.1, 0.15) is 26.2 Å². The van der Waals surface area contributed by atoms with Crippen molar-refractivity contribution < 1.29 is 13.2 Å². The molecule has 3 nitrogen and oxygen atoms in total. The van der Waals surface area contributed by atoms with Gasteiger partial charge in [-0.3, -0.25) is 4.68 Å². The summed E-state index contributed by atoms with van der Waals surface area (Å²) in [5.41, 5.74) is 0. The topological polar surface area (TPSA) is 29.9 Å². The van der Waals surface area contributed by atoms with Crippen LogP contribution in [0.25, 0.3) is 0 Å². The highest BCUT2D eigenvalue weighted by molar-refractivity contribution is 4.77. The van der Waals surface area contributed by atoms with Crippen molar-refractivity contribution >= 4 is 0 Å². The van der Waals surface area contributed by atoms with E-state index in [0.717, 1.165) is 13.1 Å². The molecular weight excluding hydrogens is 231 g/mol. The molecule has 0 bridgehead atoms. The van der Waals surface area contributed by atoms with E-state index in [9.17, 15) is 13.2 Å². The maximum atomic E-state index is 11.9. The molecule has 0 radical (unpaired) electrons. The molecule has 0 saturated heterocycles. The number of halogens is 3. The second kappa shape index (κ2) is 6.64. The van der Waals surface area contributed by atoms with Crippen molar-refractivity contribution in [2.45, 2.75) is 44.9 Å². The summed E-state index contributed by atoms with van der Waals surface area (Å²) < 4.78 is 37.5. The van der Waals surface area contributed by atoms with Crippen molar-refractivity contribution in [1.29, 1.82) is 0 Å². The van der Waals surface area contributed by atoms with E-state index >= 15 is 0 Å². The predicted molar refractivity (Wildman–Crippen MR) is 59.6 cm³/mol. The Morgan fingerprint density at radius 1 is 1.41 bits per heavy atom. The standard InChI is InChI=1S/C11H18F3N3/c1-10(4-2-5-11(12,13)14)15-7-9-17-8-3-6-16-17/h3,6,8,10,15H,2,4-5,7,9H2,1H3. The van der Waals surface area contributed by atoms with E-state index in [2.05, 4.69) is 10.4 Å². The van der Waals surface area contributed by atoms with Gasteiger partial charge in [0, 0.05) is 31.4 Å². The van der Waals surface area contributed by atoms with E-state index in [1.165, 1.54) is 0 Å². The molecule has 1 aromatic heterocycles. The third kappa shape index (κ3) is 6.99. The second-order valence-corrected chi connectivity index (χ2v) is 4.13. The molecule has 1 atom stereocenters. The van der Waals surface area contributed by atoms with E-state index in [-0.39, 0.29) is 12.5 Å². The number of aromatic nitrogens is 2. The third-order valence-electron chi connectivity index (χ3n) is 2.49. The van der Waals surface area contributed by atoms with Crippen molar-refractivity contribution in [3.63, 3.8) is 0 Å². The van der Waals surface area contributed by atoms with Crippen LogP contribution in [0.4, 0.5) is 13.2 Å². The molecule has 1 unspecified atom stereocenters. The highest BCUT2D eigenvalue weighted by atomic mass is 19.4. The summed E-state index contributed by atoms with van der Waals surface area (Å²) in [5, 5.41) is 7.21. The molecule has 0 aliphatic carbocycles. The molecule has 1 heterocycles. The number of hydrogen-bond donors (Lipinski definition) is 1. The van der Waals surface area contributed by atoms with Gasteiger partial charge in [-0.25, -0.2) is 0 Å². The van der Waals surface area contributed by atoms with Crippen LogP contribution in [-0.4, -0.2) is 28.5 Å². The smallest absolute Gasteiger partial charge is 0.312 e. The van der Waals surface area contributed by atoms with E-state index < -0.39 is 12.6 Å². The Labute approximate surface area is 99.0 Å². The maximum Gasteiger partial charge on any atom is 0.389 e. The van der Waals surface area contributed by atoms with E-state index in [1.807, 2.05) is 19.2 Å². The van der Waals surface area contributed by atoms with Crippen LogP contribution >= 0.6 is 0 Å². The van der Waals surface area contributed by atoms with Gasteiger partial charge in [0.1, 0.15) is 0 Å². The molecule has 0 amide bonds. The van der Waals surface area contributed by atoms with Crippen LogP contribution < -0.4 is 5.32 Å². The Morgan fingerprint density at radius 3 is 2.76 bits per heavy atom. The first-order chi connectivity index (χ1) is 7.97. The summed E-state index contributed by atoms with van der Waals surface area (Å²) in [4.78, 5) is 0. The minimum Gasteiger partial charge on any atom is -0.312 e. The molecule has 0 aliphatic heterocycles. The molecule has 6 heteroatoms. The molecular formula is C11H18F3N3. The maximum absolute atomic E-state index is 11.9. The zero-order chi connectivity index (χ0) is 12.7. The number of nitrogens with zero attached hydrogens (tertiary/aromatic N) is 2. The SMILES string of the molecule is CC(CCCC(F)(F)F)NCCn1cccn1. The lowest BCUT2D eigenvalue weighted by Gasteiger charge is -2.14. The van der Waals surface area contributed by atoms with Gasteiger partial charge < -0.3 is 5.32 Å². The lowest BCUT2D eigenvalue weighted by Crippen LogP contribution is -2.29. The fourth-order valence-corrected chi connectivity index (χ4v) is 1.57. The first kappa shape index (κ1) is 14.0. The molecule has 0 aromatic carbocycles. The van der Waals surface area contributed by atoms with E-state index in [4.69, 9.17) is 0 Å². The van der Waals surface area contributed by atoms with Crippen LogP contribution in [0.5, 0.6) is 0 Å². The quantitative estimate of drug-likeness (QED) is 0.805. The number of nitrogens with one attached hydrogen (secondary N) is 1. The van der Waals surface area contributed by atoms with Gasteiger partial charge in [-0.2, -0.15) is 18.3 Å². The first-order valence-electron chi connectivity index (χ1n) is 5.75. The minimum absolute atomic E-state index is 0.105. The first-order valence-corrected chi connectivity index (χ1v) is 5.75. The van der Waals surface area contributed by atoms with Crippen LogP contribution in [-0.2, 0) is 6.54 Å². The summed E-state index contributed by atoms with van der Waals surface area (Å²) in [6.45, 7) is 3.35. The monoisotopic (exact) mass is 249 g/mol. The van der Waals surface area contributed by atoms with E-state index in [1.54, 1.807) is 10.9 Å². The molecule has 1 aromatic rings. The van der Waals surface area contributed by atoms with Gasteiger partial charge >= 0.3 is 6.18 Å². The van der Waals surface area contributed by atoms with Gasteiger partial charge in [-0.05, 0) is 25.8 Å². The van der Waals surface area contributed by atoms with Crippen LogP contribution in [0.3, 0.4) is 0 Å². The van der Waals surface area contributed by atoms with Crippen LogP contribution in [0, 0.1) is 0 Å². The fraction of sp³-hybridized carbons (Fsp3) is 0.727. The minimum atomic E-state index is -4.03. The number of rotatable bonds is 7. The van der Waals surface area contributed by atoms with Gasteiger partial charge in [-0.1, -0.05) is 0 Å². The van der Waals surface area contributed by atoms with Crippen LogP contribution in [0.2, 0.25) is 0 Å². The summed E-state index contributed by atoms with van der Waals surface area (Å²) in [7, 11) is 0. The van der Waals surface area contributed by atoms with Crippen molar-refractivity contribution in [2.75, 3.05) is 6.54 Å². The molecule has 1 rings (SSSR count). The molecule has 0 spiro atoms. The van der Waals surface area contributed by atoms with Crippen molar-refractivity contribution in [2.24, 2.45) is 0 Å². The van der Waals surface area contributed by atoms with Gasteiger partial charge in [0.15, 0.2) is 0 Å². The molecule has 1 N–H and O–H groups in total.